The molecule has 1 aliphatic rings. The molecule has 6 heteroatoms. The lowest BCUT2D eigenvalue weighted by atomic mass is 10.1. The van der Waals surface area contributed by atoms with Crippen molar-refractivity contribution in [3.05, 3.63) is 72.6 Å². The van der Waals surface area contributed by atoms with Crippen LogP contribution in [-0.4, -0.2) is 33.9 Å². The number of hydrogen-bond acceptors (Lipinski definition) is 5. The summed E-state index contributed by atoms with van der Waals surface area (Å²) in [6.45, 7) is 1.60. The van der Waals surface area contributed by atoms with Gasteiger partial charge in [-0.25, -0.2) is 9.97 Å². The molecule has 6 nitrogen and oxygen atoms in total. The van der Waals surface area contributed by atoms with Crippen molar-refractivity contribution < 1.29 is 9.53 Å². The topological polar surface area (TPSA) is 67.3 Å². The molecule has 142 valence electrons. The maximum Gasteiger partial charge on any atom is 0.272 e. The molecule has 2 aromatic carbocycles. The highest BCUT2D eigenvalue weighted by molar-refractivity contribution is 5.92. The fraction of sp³-hybridized carbons (Fsp3) is 0.227. The van der Waals surface area contributed by atoms with Crippen molar-refractivity contribution in [1.82, 2.24) is 14.9 Å². The first-order valence-electron chi connectivity index (χ1n) is 9.50. The summed E-state index contributed by atoms with van der Waals surface area (Å²) in [5.74, 6) is 1.90. The fourth-order valence-electron chi connectivity index (χ4n) is 3.16. The number of hydrogen-bond donors (Lipinski definition) is 1. The number of rotatable bonds is 5. The van der Waals surface area contributed by atoms with E-state index in [1.54, 1.807) is 12.3 Å². The lowest BCUT2D eigenvalue weighted by Crippen LogP contribution is -2.36. The molecule has 0 spiro atoms. The predicted octanol–water partition coefficient (Wildman–Crippen LogP) is 4.64. The van der Waals surface area contributed by atoms with Crippen molar-refractivity contribution >= 4 is 17.5 Å². The molecule has 0 atom stereocenters. The normalized spacial score (nSPS) is 13.8. The lowest BCUT2D eigenvalue weighted by Gasteiger charge is -2.26. The van der Waals surface area contributed by atoms with Crippen LogP contribution in [-0.2, 0) is 0 Å². The van der Waals surface area contributed by atoms with Crippen LogP contribution < -0.4 is 10.1 Å². The number of piperidine rings is 1. The first kappa shape index (κ1) is 18.0. The molecular formula is C22H22N4O2. The molecule has 28 heavy (non-hydrogen) atoms. The Kier molecular flexibility index (Phi) is 5.47. The quantitative estimate of drug-likeness (QED) is 0.705. The number of carbonyl (C=O) groups excluding carboxylic acids is 1. The smallest absolute Gasteiger partial charge is 0.272 e. The highest BCUT2D eigenvalue weighted by Gasteiger charge is 2.19. The summed E-state index contributed by atoms with van der Waals surface area (Å²) in [5.41, 5.74) is 1.24. The highest BCUT2D eigenvalue weighted by Crippen LogP contribution is 2.23. The summed E-state index contributed by atoms with van der Waals surface area (Å²) < 4.78 is 5.79. The highest BCUT2D eigenvalue weighted by atomic mass is 16.5. The molecule has 2 heterocycles. The standard InChI is InChI=1S/C22H22N4O2/c27-21(26-15-5-2-6-16-26)20-13-14-23-22(25-20)24-17-9-11-19(12-10-17)28-18-7-3-1-4-8-18/h1,3-4,7-14H,2,5-6,15-16H2,(H,23,24,25). The van der Waals surface area contributed by atoms with E-state index in [-0.39, 0.29) is 5.91 Å². The van der Waals surface area contributed by atoms with Crippen molar-refractivity contribution in [3.63, 3.8) is 0 Å². The van der Waals surface area contributed by atoms with Gasteiger partial charge in [0.2, 0.25) is 5.95 Å². The number of amides is 1. The van der Waals surface area contributed by atoms with Gasteiger partial charge in [0.25, 0.3) is 5.91 Å². The van der Waals surface area contributed by atoms with Crippen molar-refractivity contribution in [2.45, 2.75) is 19.3 Å². The van der Waals surface area contributed by atoms with Gasteiger partial charge in [-0.15, -0.1) is 0 Å². The monoisotopic (exact) mass is 374 g/mol. The van der Waals surface area contributed by atoms with Crippen molar-refractivity contribution in [1.29, 1.82) is 0 Å². The molecule has 4 rings (SSSR count). The Morgan fingerprint density at radius 2 is 1.61 bits per heavy atom. The minimum atomic E-state index is -0.0308. The number of likely N-dealkylation sites (tertiary alicyclic amines) is 1. The number of nitrogens with one attached hydrogen (secondary N) is 1. The van der Waals surface area contributed by atoms with Crippen LogP contribution in [0.2, 0.25) is 0 Å². The molecular weight excluding hydrogens is 352 g/mol. The number of nitrogens with zero attached hydrogens (tertiary/aromatic N) is 3. The summed E-state index contributed by atoms with van der Waals surface area (Å²) in [4.78, 5) is 23.1. The maximum absolute atomic E-state index is 12.6. The Morgan fingerprint density at radius 1 is 0.893 bits per heavy atom. The van der Waals surface area contributed by atoms with Gasteiger partial charge >= 0.3 is 0 Å². The number of anilines is 2. The summed E-state index contributed by atoms with van der Waals surface area (Å²) in [5, 5.41) is 3.14. The van der Waals surface area contributed by atoms with Crippen LogP contribution in [0.15, 0.2) is 66.9 Å². The van der Waals surface area contributed by atoms with Crippen LogP contribution in [0.3, 0.4) is 0 Å². The SMILES string of the molecule is O=C(c1ccnc(Nc2ccc(Oc3ccccc3)cc2)n1)N1CCCCC1. The molecule has 0 bridgehead atoms. The van der Waals surface area contributed by atoms with Gasteiger partial charge in [-0.1, -0.05) is 18.2 Å². The number of para-hydroxylation sites is 1. The van der Waals surface area contributed by atoms with Crippen molar-refractivity contribution in [2.24, 2.45) is 0 Å². The summed E-state index contributed by atoms with van der Waals surface area (Å²) in [6, 6.07) is 18.8. The number of benzene rings is 2. The second-order valence-electron chi connectivity index (χ2n) is 6.68. The molecule has 1 N–H and O–H groups in total. The third-order valence-electron chi connectivity index (χ3n) is 4.61. The van der Waals surface area contributed by atoms with E-state index in [4.69, 9.17) is 4.74 Å². The minimum Gasteiger partial charge on any atom is -0.457 e. The van der Waals surface area contributed by atoms with E-state index in [2.05, 4.69) is 15.3 Å². The molecule has 1 fully saturated rings. The number of carbonyl (C=O) groups is 1. The van der Waals surface area contributed by atoms with Gasteiger partial charge in [-0.05, 0) is 61.7 Å². The molecule has 0 saturated carbocycles. The first-order chi connectivity index (χ1) is 13.8. The van der Waals surface area contributed by atoms with Gasteiger partial charge in [-0.3, -0.25) is 4.79 Å². The van der Waals surface area contributed by atoms with Gasteiger partial charge in [0.15, 0.2) is 0 Å². The van der Waals surface area contributed by atoms with Gasteiger partial charge in [0, 0.05) is 25.0 Å². The Balaban J connectivity index is 1.42. The third kappa shape index (κ3) is 4.46. The molecule has 0 radical (unpaired) electrons. The molecule has 1 aliphatic heterocycles. The summed E-state index contributed by atoms with van der Waals surface area (Å²) in [6.07, 6.45) is 4.91. The van der Waals surface area contributed by atoms with Crippen LogP contribution in [0, 0.1) is 0 Å². The Hall–Kier alpha value is -3.41. The zero-order valence-corrected chi connectivity index (χ0v) is 15.5. The first-order valence-corrected chi connectivity index (χ1v) is 9.50. The molecule has 1 aromatic heterocycles. The molecule has 1 saturated heterocycles. The molecule has 0 unspecified atom stereocenters. The predicted molar refractivity (Wildman–Crippen MR) is 108 cm³/mol. The average molecular weight is 374 g/mol. The van der Waals surface area contributed by atoms with Gasteiger partial charge < -0.3 is 15.0 Å². The fourth-order valence-corrected chi connectivity index (χ4v) is 3.16. The van der Waals surface area contributed by atoms with E-state index in [9.17, 15) is 4.79 Å². The van der Waals surface area contributed by atoms with Crippen LogP contribution in [0.25, 0.3) is 0 Å². The van der Waals surface area contributed by atoms with Crippen LogP contribution in [0.4, 0.5) is 11.6 Å². The van der Waals surface area contributed by atoms with E-state index in [1.165, 1.54) is 6.42 Å². The van der Waals surface area contributed by atoms with Gasteiger partial charge in [0.1, 0.15) is 17.2 Å². The van der Waals surface area contributed by atoms with E-state index < -0.39 is 0 Å². The van der Waals surface area contributed by atoms with E-state index in [0.29, 0.717) is 11.6 Å². The zero-order valence-electron chi connectivity index (χ0n) is 15.5. The number of aromatic nitrogens is 2. The summed E-state index contributed by atoms with van der Waals surface area (Å²) >= 11 is 0. The van der Waals surface area contributed by atoms with E-state index in [1.807, 2.05) is 59.5 Å². The maximum atomic E-state index is 12.6. The number of ether oxygens (including phenoxy) is 1. The Bertz CT molecular complexity index is 923. The molecule has 3 aromatic rings. The largest absolute Gasteiger partial charge is 0.457 e. The second-order valence-corrected chi connectivity index (χ2v) is 6.68. The van der Waals surface area contributed by atoms with Crippen LogP contribution in [0.5, 0.6) is 11.5 Å². The van der Waals surface area contributed by atoms with Crippen molar-refractivity contribution in [3.8, 4) is 11.5 Å². The Labute approximate surface area is 164 Å². The zero-order chi connectivity index (χ0) is 19.2. The van der Waals surface area contributed by atoms with Gasteiger partial charge in [-0.2, -0.15) is 0 Å². The van der Waals surface area contributed by atoms with Gasteiger partial charge in [0.05, 0.1) is 0 Å². The lowest BCUT2D eigenvalue weighted by molar-refractivity contribution is 0.0718. The Morgan fingerprint density at radius 3 is 2.36 bits per heavy atom. The van der Waals surface area contributed by atoms with Crippen LogP contribution in [0.1, 0.15) is 29.8 Å². The van der Waals surface area contributed by atoms with E-state index in [0.717, 1.165) is 43.1 Å². The minimum absolute atomic E-state index is 0.0308. The summed E-state index contributed by atoms with van der Waals surface area (Å²) in [7, 11) is 0. The average Bonchev–Trinajstić information content (AvgIpc) is 2.76. The third-order valence-corrected chi connectivity index (χ3v) is 4.61. The van der Waals surface area contributed by atoms with E-state index >= 15 is 0 Å². The molecule has 0 aliphatic carbocycles. The van der Waals surface area contributed by atoms with Crippen LogP contribution >= 0.6 is 0 Å². The molecule has 1 amide bonds. The van der Waals surface area contributed by atoms with Crippen molar-refractivity contribution in [2.75, 3.05) is 18.4 Å². The second kappa shape index (κ2) is 8.52.